The smallest absolute Gasteiger partial charge is 0.0948 e. The Morgan fingerprint density at radius 3 is 2.40 bits per heavy atom. The van der Waals surface area contributed by atoms with Gasteiger partial charge in [-0.25, -0.2) is 4.98 Å². The van der Waals surface area contributed by atoms with Gasteiger partial charge < -0.3 is 0 Å². The van der Waals surface area contributed by atoms with E-state index in [0.717, 1.165) is 16.8 Å². The number of rotatable bonds is 9. The molecule has 1 aromatic carbocycles. The van der Waals surface area contributed by atoms with Crippen LogP contribution in [0, 0.1) is 0 Å². The van der Waals surface area contributed by atoms with Crippen molar-refractivity contribution in [3.63, 3.8) is 0 Å². The van der Waals surface area contributed by atoms with Crippen LogP contribution in [0.1, 0.15) is 63.3 Å². The quantitative estimate of drug-likeness (QED) is 0.425. The molecule has 1 nitrogen and oxygen atoms in total. The predicted octanol–water partition coefficient (Wildman–Crippen LogP) is 6.27. The second-order valence-corrected chi connectivity index (χ2v) is 7.05. The van der Waals surface area contributed by atoms with E-state index in [2.05, 4.69) is 31.7 Å². The number of aromatic nitrogens is 1. The van der Waals surface area contributed by atoms with Crippen LogP contribution in [-0.2, 0) is 6.42 Å². The third-order valence-electron chi connectivity index (χ3n) is 3.69. The zero-order valence-electron chi connectivity index (χ0n) is 12.4. The molecule has 110 valence electrons. The first-order valence-electron chi connectivity index (χ1n) is 7.88. The Kier molecular flexibility index (Phi) is 6.88. The highest BCUT2D eigenvalue weighted by Crippen LogP contribution is 2.27. The van der Waals surface area contributed by atoms with Gasteiger partial charge in [0, 0.05) is 4.90 Å². The first kappa shape index (κ1) is 15.8. The Bertz CT molecular complexity index is 519. The van der Waals surface area contributed by atoms with E-state index in [4.69, 9.17) is 4.98 Å². The summed E-state index contributed by atoms with van der Waals surface area (Å²) in [5.74, 6) is 0. The number of para-hydroxylation sites is 1. The van der Waals surface area contributed by atoms with Crippen molar-refractivity contribution in [3.05, 3.63) is 23.2 Å². The van der Waals surface area contributed by atoms with Gasteiger partial charge in [-0.15, -0.1) is 24.0 Å². The molecule has 0 fully saturated rings. The number of benzene rings is 1. The summed E-state index contributed by atoms with van der Waals surface area (Å²) in [5.41, 5.74) is 1.08. The SMILES string of the molecule is CCCCCCCCCCc1nc2c(S)cccc2s1. The summed E-state index contributed by atoms with van der Waals surface area (Å²) >= 11 is 6.30. The average molecular weight is 308 g/mol. The van der Waals surface area contributed by atoms with Gasteiger partial charge in [-0.3, -0.25) is 0 Å². The van der Waals surface area contributed by atoms with Gasteiger partial charge in [-0.05, 0) is 25.0 Å². The first-order valence-corrected chi connectivity index (χ1v) is 9.15. The Hall–Kier alpha value is -0.540. The molecule has 0 radical (unpaired) electrons. The van der Waals surface area contributed by atoms with Crippen LogP contribution in [0.15, 0.2) is 23.1 Å². The maximum atomic E-state index is 4.71. The van der Waals surface area contributed by atoms with Crippen LogP contribution in [0.25, 0.3) is 10.2 Å². The van der Waals surface area contributed by atoms with Crippen molar-refractivity contribution in [2.75, 3.05) is 0 Å². The minimum Gasteiger partial charge on any atom is -0.240 e. The lowest BCUT2D eigenvalue weighted by Gasteiger charge is -2.00. The molecule has 3 heteroatoms. The number of unbranched alkanes of at least 4 members (excludes halogenated alkanes) is 7. The van der Waals surface area contributed by atoms with Crippen LogP contribution < -0.4 is 0 Å². The number of nitrogens with zero attached hydrogens (tertiary/aromatic N) is 1. The molecule has 1 aromatic heterocycles. The second-order valence-electron chi connectivity index (χ2n) is 5.46. The maximum Gasteiger partial charge on any atom is 0.0948 e. The normalized spacial score (nSPS) is 11.3. The average Bonchev–Trinajstić information content (AvgIpc) is 2.86. The zero-order valence-corrected chi connectivity index (χ0v) is 14.1. The largest absolute Gasteiger partial charge is 0.240 e. The van der Waals surface area contributed by atoms with Gasteiger partial charge in [-0.1, -0.05) is 57.9 Å². The molecule has 0 bridgehead atoms. The van der Waals surface area contributed by atoms with E-state index in [9.17, 15) is 0 Å². The van der Waals surface area contributed by atoms with E-state index in [1.54, 1.807) is 0 Å². The summed E-state index contributed by atoms with van der Waals surface area (Å²) in [5, 5.41) is 1.27. The number of fused-ring (bicyclic) bond motifs is 1. The molecule has 0 N–H and O–H groups in total. The molecule has 0 saturated heterocycles. The Morgan fingerprint density at radius 1 is 1.00 bits per heavy atom. The molecule has 0 aliphatic rings. The summed E-state index contributed by atoms with van der Waals surface area (Å²) in [6, 6.07) is 6.22. The van der Waals surface area contributed by atoms with E-state index in [0.29, 0.717) is 0 Å². The van der Waals surface area contributed by atoms with Crippen LogP contribution in [-0.4, -0.2) is 4.98 Å². The van der Waals surface area contributed by atoms with Gasteiger partial charge in [-0.2, -0.15) is 0 Å². The van der Waals surface area contributed by atoms with E-state index < -0.39 is 0 Å². The molecule has 0 saturated carbocycles. The van der Waals surface area contributed by atoms with Crippen LogP contribution in [0.2, 0.25) is 0 Å². The maximum absolute atomic E-state index is 4.71. The molecule has 2 rings (SSSR count). The number of aryl methyl sites for hydroxylation is 1. The van der Waals surface area contributed by atoms with E-state index in [1.165, 1.54) is 61.1 Å². The Morgan fingerprint density at radius 2 is 1.70 bits per heavy atom. The van der Waals surface area contributed by atoms with Crippen LogP contribution in [0.5, 0.6) is 0 Å². The van der Waals surface area contributed by atoms with Gasteiger partial charge in [0.15, 0.2) is 0 Å². The lowest BCUT2D eigenvalue weighted by atomic mass is 10.1. The molecule has 2 aromatic rings. The van der Waals surface area contributed by atoms with Crippen molar-refractivity contribution in [1.82, 2.24) is 4.98 Å². The molecule has 0 spiro atoms. The third kappa shape index (κ3) is 4.78. The molecular formula is C17H25NS2. The minimum absolute atomic E-state index is 1.00. The zero-order chi connectivity index (χ0) is 14.2. The lowest BCUT2D eigenvalue weighted by Crippen LogP contribution is -1.85. The molecule has 0 amide bonds. The Labute approximate surface area is 132 Å². The standard InChI is InChI=1S/C17H25NS2/c1-2-3-4-5-6-7-8-9-13-16-18-17-14(19)11-10-12-15(17)20-16/h10-12,19H,2-9,13H2,1H3. The van der Waals surface area contributed by atoms with Gasteiger partial charge in [0.1, 0.15) is 0 Å². The highest BCUT2D eigenvalue weighted by atomic mass is 32.1. The molecule has 0 atom stereocenters. The van der Waals surface area contributed by atoms with Gasteiger partial charge in [0.05, 0.1) is 15.2 Å². The number of hydrogen-bond donors (Lipinski definition) is 1. The third-order valence-corrected chi connectivity index (χ3v) is 5.13. The van der Waals surface area contributed by atoms with Crippen molar-refractivity contribution in [1.29, 1.82) is 0 Å². The van der Waals surface area contributed by atoms with Crippen molar-refractivity contribution < 1.29 is 0 Å². The molecule has 0 unspecified atom stereocenters. The number of thiazole rings is 1. The van der Waals surface area contributed by atoms with Gasteiger partial charge >= 0.3 is 0 Å². The minimum atomic E-state index is 1.00. The molecular weight excluding hydrogens is 282 g/mol. The fraction of sp³-hybridized carbons (Fsp3) is 0.588. The fourth-order valence-corrected chi connectivity index (χ4v) is 3.87. The summed E-state index contributed by atoms with van der Waals surface area (Å²) in [6.45, 7) is 2.27. The Balaban J connectivity index is 1.67. The molecule has 0 aliphatic heterocycles. The van der Waals surface area contributed by atoms with Crippen molar-refractivity contribution in [2.24, 2.45) is 0 Å². The lowest BCUT2D eigenvalue weighted by molar-refractivity contribution is 0.575. The first-order chi connectivity index (χ1) is 9.81. The highest BCUT2D eigenvalue weighted by Gasteiger charge is 2.05. The molecule has 20 heavy (non-hydrogen) atoms. The van der Waals surface area contributed by atoms with E-state index >= 15 is 0 Å². The second kappa shape index (κ2) is 8.68. The van der Waals surface area contributed by atoms with Crippen LogP contribution in [0.4, 0.5) is 0 Å². The summed E-state index contributed by atoms with van der Waals surface area (Å²) in [4.78, 5) is 5.71. The van der Waals surface area contributed by atoms with Crippen molar-refractivity contribution in [2.45, 2.75) is 69.6 Å². The van der Waals surface area contributed by atoms with Crippen molar-refractivity contribution in [3.8, 4) is 0 Å². The highest BCUT2D eigenvalue weighted by molar-refractivity contribution is 7.80. The topological polar surface area (TPSA) is 12.9 Å². The monoisotopic (exact) mass is 307 g/mol. The van der Waals surface area contributed by atoms with Gasteiger partial charge in [0.2, 0.25) is 0 Å². The van der Waals surface area contributed by atoms with Crippen molar-refractivity contribution >= 4 is 34.2 Å². The molecule has 1 heterocycles. The predicted molar refractivity (Wildman–Crippen MR) is 93.2 cm³/mol. The van der Waals surface area contributed by atoms with Crippen LogP contribution in [0.3, 0.4) is 0 Å². The number of thiol groups is 1. The number of hydrogen-bond acceptors (Lipinski definition) is 3. The summed E-state index contributed by atoms with van der Waals surface area (Å²) in [7, 11) is 0. The van der Waals surface area contributed by atoms with Crippen LogP contribution >= 0.6 is 24.0 Å². The fourth-order valence-electron chi connectivity index (χ4n) is 2.50. The van der Waals surface area contributed by atoms with E-state index in [-0.39, 0.29) is 0 Å². The van der Waals surface area contributed by atoms with Gasteiger partial charge in [0.25, 0.3) is 0 Å². The van der Waals surface area contributed by atoms with E-state index in [1.807, 2.05) is 17.4 Å². The summed E-state index contributed by atoms with van der Waals surface area (Å²) in [6.07, 6.45) is 12.1. The summed E-state index contributed by atoms with van der Waals surface area (Å²) < 4.78 is 1.27. The molecule has 0 aliphatic carbocycles.